The van der Waals surface area contributed by atoms with E-state index >= 15 is 0 Å². The summed E-state index contributed by atoms with van der Waals surface area (Å²) in [5.74, 6) is 2.07. The standard InChI is InChI=1S/C28H35N5O/c1-6-22-10-8-12-24(18-22)30-28(34)33-15-13-32(14-16-33)27-25(19(2)3)21(5)29-26(31-27)23-11-7-9-20(4)17-23/h7-12,17-19H,6,13-16H2,1-5H3,(H,30,34). The fraction of sp³-hybridized carbons (Fsp3) is 0.393. The van der Waals surface area contributed by atoms with Crippen molar-refractivity contribution in [3.05, 3.63) is 70.9 Å². The van der Waals surface area contributed by atoms with E-state index in [1.807, 2.05) is 29.2 Å². The highest BCUT2D eigenvalue weighted by Gasteiger charge is 2.26. The molecular formula is C28H35N5O. The smallest absolute Gasteiger partial charge is 0.321 e. The lowest BCUT2D eigenvalue weighted by atomic mass is 10.0. The largest absolute Gasteiger partial charge is 0.353 e. The molecule has 0 bridgehead atoms. The summed E-state index contributed by atoms with van der Waals surface area (Å²) >= 11 is 0. The molecule has 0 radical (unpaired) electrons. The Labute approximate surface area is 203 Å². The number of aryl methyl sites for hydroxylation is 3. The first-order chi connectivity index (χ1) is 16.4. The molecule has 178 valence electrons. The molecule has 4 rings (SSSR count). The van der Waals surface area contributed by atoms with E-state index in [-0.39, 0.29) is 6.03 Å². The number of hydrogen-bond donors (Lipinski definition) is 1. The molecule has 0 saturated carbocycles. The summed E-state index contributed by atoms with van der Waals surface area (Å²) in [6, 6.07) is 16.3. The Morgan fingerprint density at radius 3 is 2.41 bits per heavy atom. The minimum atomic E-state index is -0.0451. The third kappa shape index (κ3) is 5.22. The fourth-order valence-corrected chi connectivity index (χ4v) is 4.59. The van der Waals surface area contributed by atoms with Gasteiger partial charge in [-0.25, -0.2) is 14.8 Å². The quantitative estimate of drug-likeness (QED) is 0.526. The number of benzene rings is 2. The normalized spacial score (nSPS) is 13.9. The van der Waals surface area contributed by atoms with Gasteiger partial charge in [0.15, 0.2) is 5.82 Å². The van der Waals surface area contributed by atoms with Crippen molar-refractivity contribution in [1.82, 2.24) is 14.9 Å². The SMILES string of the molecule is CCc1cccc(NC(=O)N2CCN(c3nc(-c4cccc(C)c4)nc(C)c3C(C)C)CC2)c1. The molecule has 1 aliphatic heterocycles. The van der Waals surface area contributed by atoms with Gasteiger partial charge in [-0.05, 0) is 49.9 Å². The lowest BCUT2D eigenvalue weighted by Crippen LogP contribution is -2.50. The number of carbonyl (C=O) groups is 1. The highest BCUT2D eigenvalue weighted by Crippen LogP contribution is 2.31. The maximum absolute atomic E-state index is 12.9. The fourth-order valence-electron chi connectivity index (χ4n) is 4.59. The van der Waals surface area contributed by atoms with Gasteiger partial charge in [0.05, 0.1) is 0 Å². The molecule has 6 nitrogen and oxygen atoms in total. The molecule has 2 amide bonds. The first-order valence-electron chi connectivity index (χ1n) is 12.2. The van der Waals surface area contributed by atoms with Crippen LogP contribution in [0.1, 0.15) is 49.1 Å². The second kappa shape index (κ2) is 10.2. The van der Waals surface area contributed by atoms with Crippen LogP contribution in [-0.4, -0.2) is 47.1 Å². The summed E-state index contributed by atoms with van der Waals surface area (Å²) in [4.78, 5) is 27.0. The van der Waals surface area contributed by atoms with Gasteiger partial charge >= 0.3 is 6.03 Å². The van der Waals surface area contributed by atoms with Crippen LogP contribution in [0.2, 0.25) is 0 Å². The minimum Gasteiger partial charge on any atom is -0.353 e. The van der Waals surface area contributed by atoms with Crippen LogP contribution in [0.3, 0.4) is 0 Å². The van der Waals surface area contributed by atoms with Crippen molar-refractivity contribution < 1.29 is 4.79 Å². The second-order valence-electron chi connectivity index (χ2n) is 9.35. The molecule has 1 fully saturated rings. The summed E-state index contributed by atoms with van der Waals surface area (Å²) in [7, 11) is 0. The van der Waals surface area contributed by atoms with Crippen LogP contribution in [0.15, 0.2) is 48.5 Å². The van der Waals surface area contributed by atoms with Crippen LogP contribution in [0, 0.1) is 13.8 Å². The molecule has 1 saturated heterocycles. The van der Waals surface area contributed by atoms with E-state index in [4.69, 9.17) is 9.97 Å². The number of piperazine rings is 1. The molecule has 0 spiro atoms. The highest BCUT2D eigenvalue weighted by atomic mass is 16.2. The number of rotatable bonds is 5. The van der Waals surface area contributed by atoms with Crippen LogP contribution in [0.5, 0.6) is 0 Å². The van der Waals surface area contributed by atoms with Crippen LogP contribution in [0.4, 0.5) is 16.3 Å². The maximum atomic E-state index is 12.9. The van der Waals surface area contributed by atoms with E-state index < -0.39 is 0 Å². The summed E-state index contributed by atoms with van der Waals surface area (Å²) in [5.41, 5.74) is 6.50. The molecule has 1 aliphatic rings. The molecular weight excluding hydrogens is 422 g/mol. The van der Waals surface area contributed by atoms with Crippen molar-refractivity contribution in [2.75, 3.05) is 36.4 Å². The van der Waals surface area contributed by atoms with Gasteiger partial charge in [-0.1, -0.05) is 56.7 Å². The van der Waals surface area contributed by atoms with Crippen molar-refractivity contribution in [1.29, 1.82) is 0 Å². The van der Waals surface area contributed by atoms with Gasteiger partial charge < -0.3 is 15.1 Å². The van der Waals surface area contributed by atoms with E-state index in [0.29, 0.717) is 19.0 Å². The molecule has 2 aromatic carbocycles. The minimum absolute atomic E-state index is 0.0451. The number of nitrogens with zero attached hydrogens (tertiary/aromatic N) is 4. The molecule has 1 N–H and O–H groups in total. The van der Waals surface area contributed by atoms with Crippen molar-refractivity contribution in [2.24, 2.45) is 0 Å². The summed E-state index contributed by atoms with van der Waals surface area (Å²) in [5, 5.41) is 3.06. The van der Waals surface area contributed by atoms with Crippen LogP contribution < -0.4 is 10.2 Å². The van der Waals surface area contributed by atoms with E-state index in [0.717, 1.165) is 48.1 Å². The zero-order valence-electron chi connectivity index (χ0n) is 20.9. The Morgan fingerprint density at radius 2 is 1.74 bits per heavy atom. The molecule has 6 heteroatoms. The van der Waals surface area contributed by atoms with Gasteiger partial charge in [-0.2, -0.15) is 0 Å². The molecule has 0 unspecified atom stereocenters. The lowest BCUT2D eigenvalue weighted by molar-refractivity contribution is 0.208. The first kappa shape index (κ1) is 23.7. The average molecular weight is 458 g/mol. The Morgan fingerprint density at radius 1 is 1.00 bits per heavy atom. The predicted molar refractivity (Wildman–Crippen MR) is 140 cm³/mol. The van der Waals surface area contributed by atoms with E-state index in [1.165, 1.54) is 16.7 Å². The monoisotopic (exact) mass is 457 g/mol. The lowest BCUT2D eigenvalue weighted by Gasteiger charge is -2.37. The summed E-state index contributed by atoms with van der Waals surface area (Å²) in [6.45, 7) is 13.4. The number of amides is 2. The van der Waals surface area contributed by atoms with Crippen molar-refractivity contribution in [3.8, 4) is 11.4 Å². The Kier molecular flexibility index (Phi) is 7.15. The summed E-state index contributed by atoms with van der Waals surface area (Å²) < 4.78 is 0. The third-order valence-corrected chi connectivity index (χ3v) is 6.42. The van der Waals surface area contributed by atoms with Crippen LogP contribution in [-0.2, 0) is 6.42 Å². The number of aromatic nitrogens is 2. The van der Waals surface area contributed by atoms with Gasteiger partial charge in [0.1, 0.15) is 5.82 Å². The predicted octanol–water partition coefficient (Wildman–Crippen LogP) is 5.80. The van der Waals surface area contributed by atoms with Crippen molar-refractivity contribution in [3.63, 3.8) is 0 Å². The molecule has 0 aliphatic carbocycles. The molecule has 3 aromatic rings. The van der Waals surface area contributed by atoms with Gasteiger partial charge in [-0.3, -0.25) is 0 Å². The van der Waals surface area contributed by atoms with Gasteiger partial charge in [0.25, 0.3) is 0 Å². The Hall–Kier alpha value is -3.41. The number of urea groups is 1. The number of anilines is 2. The van der Waals surface area contributed by atoms with Gasteiger partial charge in [0.2, 0.25) is 0 Å². The zero-order chi connectivity index (χ0) is 24.2. The maximum Gasteiger partial charge on any atom is 0.321 e. The molecule has 0 atom stereocenters. The highest BCUT2D eigenvalue weighted by molar-refractivity contribution is 5.89. The topological polar surface area (TPSA) is 61.4 Å². The van der Waals surface area contributed by atoms with Crippen LogP contribution >= 0.6 is 0 Å². The Balaban J connectivity index is 1.52. The first-order valence-corrected chi connectivity index (χ1v) is 12.2. The molecule has 34 heavy (non-hydrogen) atoms. The second-order valence-corrected chi connectivity index (χ2v) is 9.35. The number of hydrogen-bond acceptors (Lipinski definition) is 4. The number of nitrogens with one attached hydrogen (secondary N) is 1. The summed E-state index contributed by atoms with van der Waals surface area (Å²) in [6.07, 6.45) is 0.948. The van der Waals surface area contributed by atoms with E-state index in [2.05, 4.69) is 69.1 Å². The van der Waals surface area contributed by atoms with Crippen molar-refractivity contribution in [2.45, 2.75) is 47.0 Å². The Bertz CT molecular complexity index is 1170. The van der Waals surface area contributed by atoms with E-state index in [1.54, 1.807) is 0 Å². The number of carbonyl (C=O) groups excluding carboxylic acids is 1. The van der Waals surface area contributed by atoms with Gasteiger partial charge in [-0.15, -0.1) is 0 Å². The van der Waals surface area contributed by atoms with Crippen LogP contribution in [0.25, 0.3) is 11.4 Å². The van der Waals surface area contributed by atoms with E-state index in [9.17, 15) is 4.79 Å². The molecule has 2 heterocycles. The van der Waals surface area contributed by atoms with Crippen molar-refractivity contribution >= 4 is 17.5 Å². The molecule has 1 aromatic heterocycles. The average Bonchev–Trinajstić information content (AvgIpc) is 2.83. The van der Waals surface area contributed by atoms with Gasteiger partial charge in [0, 0.05) is 48.7 Å². The third-order valence-electron chi connectivity index (χ3n) is 6.42. The zero-order valence-corrected chi connectivity index (χ0v) is 20.9.